The Bertz CT molecular complexity index is 1280. The fourth-order valence-corrected chi connectivity index (χ4v) is 4.48. The molecule has 0 atom stereocenters. The fourth-order valence-electron chi connectivity index (χ4n) is 3.32. The molecule has 9 heteroatoms. The minimum absolute atomic E-state index is 0.103. The van der Waals surface area contributed by atoms with E-state index in [1.807, 2.05) is 45.9 Å². The van der Waals surface area contributed by atoms with Gasteiger partial charge < -0.3 is 10.2 Å². The number of nitrogens with one attached hydrogen (secondary N) is 1. The summed E-state index contributed by atoms with van der Waals surface area (Å²) in [6.07, 6.45) is 0. The molecule has 0 bridgehead atoms. The predicted molar refractivity (Wildman–Crippen MR) is 126 cm³/mol. The van der Waals surface area contributed by atoms with Crippen LogP contribution in [0.3, 0.4) is 0 Å². The number of benzene rings is 1. The van der Waals surface area contributed by atoms with E-state index < -0.39 is 0 Å². The molecule has 2 heterocycles. The van der Waals surface area contributed by atoms with Crippen LogP contribution in [0.15, 0.2) is 23.0 Å². The first-order valence-electron chi connectivity index (χ1n) is 10.1. The quantitative estimate of drug-likeness (QED) is 0.640. The molecule has 8 nitrogen and oxygen atoms in total. The van der Waals surface area contributed by atoms with Crippen LogP contribution in [-0.2, 0) is 11.8 Å². The molecule has 0 saturated heterocycles. The summed E-state index contributed by atoms with van der Waals surface area (Å²) in [7, 11) is 3.16. The van der Waals surface area contributed by atoms with Crippen LogP contribution in [0.2, 0.25) is 0 Å². The predicted octanol–water partition coefficient (Wildman–Crippen LogP) is 3.16. The SMILES string of the molecule is Cc1ccc(C)c(NC(=O)CN(C)C(=O)c2sc(-c3c(C)c(C)nn(C)c3=O)nc2C)c1. The first kappa shape index (κ1) is 23.3. The van der Waals surface area contributed by atoms with Gasteiger partial charge in [0.1, 0.15) is 9.88 Å². The molecule has 0 fully saturated rings. The highest BCUT2D eigenvalue weighted by Gasteiger charge is 2.24. The molecule has 3 rings (SSSR count). The topological polar surface area (TPSA) is 97.2 Å². The lowest BCUT2D eigenvalue weighted by molar-refractivity contribution is -0.116. The molecule has 0 saturated carbocycles. The molecule has 0 aliphatic carbocycles. The van der Waals surface area contributed by atoms with Crippen LogP contribution >= 0.6 is 11.3 Å². The Labute approximate surface area is 190 Å². The van der Waals surface area contributed by atoms with Gasteiger partial charge >= 0.3 is 0 Å². The van der Waals surface area contributed by atoms with Crippen LogP contribution in [0.25, 0.3) is 10.6 Å². The molecular weight excluding hydrogens is 426 g/mol. The van der Waals surface area contributed by atoms with E-state index in [2.05, 4.69) is 15.4 Å². The summed E-state index contributed by atoms with van der Waals surface area (Å²) in [4.78, 5) is 44.5. The first-order valence-corrected chi connectivity index (χ1v) is 11.0. The van der Waals surface area contributed by atoms with E-state index in [9.17, 15) is 14.4 Å². The van der Waals surface area contributed by atoms with Crippen LogP contribution in [-0.4, -0.2) is 45.1 Å². The molecule has 0 spiro atoms. The molecule has 168 valence electrons. The molecule has 0 unspecified atom stereocenters. The highest BCUT2D eigenvalue weighted by molar-refractivity contribution is 7.17. The lowest BCUT2D eigenvalue weighted by atomic mass is 10.1. The van der Waals surface area contributed by atoms with Gasteiger partial charge in [-0.2, -0.15) is 5.10 Å². The Hall–Kier alpha value is -3.33. The Morgan fingerprint density at radius 3 is 2.50 bits per heavy atom. The summed E-state index contributed by atoms with van der Waals surface area (Å²) < 4.78 is 1.28. The minimum atomic E-state index is -0.317. The number of carbonyl (C=O) groups excluding carboxylic acids is 2. The van der Waals surface area contributed by atoms with E-state index in [0.29, 0.717) is 21.1 Å². The van der Waals surface area contributed by atoms with Crippen LogP contribution in [0.1, 0.15) is 37.7 Å². The Balaban J connectivity index is 1.82. The van der Waals surface area contributed by atoms with Gasteiger partial charge in [0.15, 0.2) is 0 Å². The normalized spacial score (nSPS) is 10.8. The summed E-state index contributed by atoms with van der Waals surface area (Å²) in [6.45, 7) is 9.14. The van der Waals surface area contributed by atoms with Gasteiger partial charge in [-0.15, -0.1) is 11.3 Å². The van der Waals surface area contributed by atoms with Crippen LogP contribution in [0.5, 0.6) is 0 Å². The number of aryl methyl sites for hydroxylation is 5. The number of aromatic nitrogens is 3. The van der Waals surface area contributed by atoms with Crippen LogP contribution in [0.4, 0.5) is 5.69 Å². The van der Waals surface area contributed by atoms with Crippen molar-refractivity contribution in [2.24, 2.45) is 7.05 Å². The third-order valence-corrected chi connectivity index (χ3v) is 6.49. The number of likely N-dealkylation sites (N-methyl/N-ethyl adjacent to an activating group) is 1. The standard InChI is InChI=1S/C23H27N5O3S/c1-12-8-9-13(2)17(10-12)25-18(29)11-27(6)23(31)20-16(5)24-21(32-20)19-14(3)15(4)26-28(7)22(19)30/h8-10H,11H2,1-7H3,(H,25,29). The lowest BCUT2D eigenvalue weighted by Crippen LogP contribution is -2.35. The summed E-state index contributed by atoms with van der Waals surface area (Å²) in [5.41, 5.74) is 4.88. The number of amides is 2. The van der Waals surface area contributed by atoms with E-state index in [4.69, 9.17) is 0 Å². The van der Waals surface area contributed by atoms with Crippen LogP contribution in [0, 0.1) is 34.6 Å². The van der Waals surface area contributed by atoms with E-state index in [1.165, 1.54) is 9.58 Å². The number of thiazole rings is 1. The van der Waals surface area contributed by atoms with E-state index in [0.717, 1.165) is 39.4 Å². The van der Waals surface area contributed by atoms with Crippen LogP contribution < -0.4 is 10.9 Å². The monoisotopic (exact) mass is 453 g/mol. The number of anilines is 1. The van der Waals surface area contributed by atoms with Crippen molar-refractivity contribution in [1.82, 2.24) is 19.7 Å². The second kappa shape index (κ2) is 9.04. The Morgan fingerprint density at radius 1 is 1.12 bits per heavy atom. The Kier molecular flexibility index (Phi) is 6.59. The highest BCUT2D eigenvalue weighted by atomic mass is 32.1. The van der Waals surface area contributed by atoms with Crippen molar-refractivity contribution in [3.63, 3.8) is 0 Å². The maximum Gasteiger partial charge on any atom is 0.277 e. The molecule has 32 heavy (non-hydrogen) atoms. The smallest absolute Gasteiger partial charge is 0.277 e. The van der Waals surface area contributed by atoms with Gasteiger partial charge in [-0.1, -0.05) is 12.1 Å². The maximum absolute atomic E-state index is 13.0. The maximum atomic E-state index is 13.0. The van der Waals surface area contributed by atoms with Gasteiger partial charge in [0.2, 0.25) is 5.91 Å². The summed E-state index contributed by atoms with van der Waals surface area (Å²) >= 11 is 1.16. The van der Waals surface area contributed by atoms with E-state index in [1.54, 1.807) is 21.0 Å². The van der Waals surface area contributed by atoms with Gasteiger partial charge in [-0.25, -0.2) is 9.67 Å². The van der Waals surface area contributed by atoms with Crippen molar-refractivity contribution in [2.45, 2.75) is 34.6 Å². The average molecular weight is 454 g/mol. The van der Waals surface area contributed by atoms with Gasteiger partial charge in [0.05, 0.1) is 23.5 Å². The lowest BCUT2D eigenvalue weighted by Gasteiger charge is -2.17. The second-order valence-corrected chi connectivity index (χ2v) is 8.97. The van der Waals surface area contributed by atoms with E-state index in [-0.39, 0.29) is 23.9 Å². The molecule has 0 radical (unpaired) electrons. The largest absolute Gasteiger partial charge is 0.332 e. The van der Waals surface area contributed by atoms with Crippen molar-refractivity contribution < 1.29 is 9.59 Å². The molecule has 3 aromatic rings. The molecule has 2 amide bonds. The highest BCUT2D eigenvalue weighted by Crippen LogP contribution is 2.29. The molecular formula is C23H27N5O3S. The van der Waals surface area contributed by atoms with Crippen molar-refractivity contribution >= 4 is 28.8 Å². The van der Waals surface area contributed by atoms with E-state index >= 15 is 0 Å². The number of rotatable bonds is 5. The first-order chi connectivity index (χ1) is 15.0. The molecule has 2 aromatic heterocycles. The summed E-state index contributed by atoms with van der Waals surface area (Å²) in [5, 5.41) is 7.53. The van der Waals surface area contributed by atoms with Crippen molar-refractivity contribution in [1.29, 1.82) is 0 Å². The molecule has 0 aliphatic heterocycles. The van der Waals surface area contributed by atoms with Crippen molar-refractivity contribution in [2.75, 3.05) is 18.9 Å². The van der Waals surface area contributed by atoms with Gasteiger partial charge in [-0.3, -0.25) is 14.4 Å². The second-order valence-electron chi connectivity index (χ2n) is 7.98. The van der Waals surface area contributed by atoms with Gasteiger partial charge in [0.25, 0.3) is 11.5 Å². The molecule has 1 N–H and O–H groups in total. The van der Waals surface area contributed by atoms with Crippen molar-refractivity contribution in [3.8, 4) is 10.6 Å². The number of hydrogen-bond donors (Lipinski definition) is 1. The van der Waals surface area contributed by atoms with Gasteiger partial charge in [-0.05, 0) is 57.4 Å². The third kappa shape index (κ3) is 4.62. The molecule has 1 aromatic carbocycles. The molecule has 0 aliphatic rings. The fraction of sp³-hybridized carbons (Fsp3) is 0.348. The summed E-state index contributed by atoms with van der Waals surface area (Å²) in [6, 6.07) is 5.81. The zero-order chi connectivity index (χ0) is 23.7. The Morgan fingerprint density at radius 2 is 1.81 bits per heavy atom. The number of carbonyl (C=O) groups is 2. The zero-order valence-corrected chi connectivity index (χ0v) is 20.2. The van der Waals surface area contributed by atoms with Gasteiger partial charge in [0, 0.05) is 19.8 Å². The third-order valence-electron chi connectivity index (χ3n) is 5.32. The minimum Gasteiger partial charge on any atom is -0.332 e. The number of nitrogens with zero attached hydrogens (tertiary/aromatic N) is 4. The number of hydrogen-bond acceptors (Lipinski definition) is 6. The van der Waals surface area contributed by atoms with Crippen molar-refractivity contribution in [3.05, 3.63) is 61.5 Å². The summed E-state index contributed by atoms with van der Waals surface area (Å²) in [5.74, 6) is -0.603. The average Bonchev–Trinajstić information content (AvgIpc) is 3.09. The zero-order valence-electron chi connectivity index (χ0n) is 19.4.